The van der Waals surface area contributed by atoms with E-state index in [0.29, 0.717) is 6.54 Å². The Labute approximate surface area is 72.3 Å². The lowest BCUT2D eigenvalue weighted by Gasteiger charge is -2.21. The van der Waals surface area contributed by atoms with Gasteiger partial charge in [0.25, 0.3) is 0 Å². The molecule has 0 spiro atoms. The maximum Gasteiger partial charge on any atom is 0.304 e. The lowest BCUT2D eigenvalue weighted by molar-refractivity contribution is -0.137. The number of carboxylic acids is 1. The van der Waals surface area contributed by atoms with Gasteiger partial charge in [0, 0.05) is 18.6 Å². The van der Waals surface area contributed by atoms with Crippen LogP contribution in [0.5, 0.6) is 0 Å². The molecule has 0 unspecified atom stereocenters. The Morgan fingerprint density at radius 1 is 1.42 bits per heavy atom. The molecular formula is C7H17N3O2. The van der Waals surface area contributed by atoms with Crippen LogP contribution >= 0.6 is 0 Å². The first kappa shape index (κ1) is 11.4. The number of hydrogen-bond acceptors (Lipinski definition) is 4. The molecule has 0 radical (unpaired) electrons. The van der Waals surface area contributed by atoms with Crippen molar-refractivity contribution in [3.63, 3.8) is 0 Å². The van der Waals surface area contributed by atoms with E-state index in [0.717, 1.165) is 0 Å². The highest BCUT2D eigenvalue weighted by Crippen LogP contribution is 1.94. The van der Waals surface area contributed by atoms with Crippen LogP contribution in [0.4, 0.5) is 0 Å². The number of carbonyl (C=O) groups is 1. The number of nitrogens with zero attached hydrogens (tertiary/aromatic N) is 1. The minimum atomic E-state index is -0.906. The van der Waals surface area contributed by atoms with Gasteiger partial charge in [-0.2, -0.15) is 0 Å². The summed E-state index contributed by atoms with van der Waals surface area (Å²) >= 11 is 0. The quantitative estimate of drug-likeness (QED) is 0.482. The van der Waals surface area contributed by atoms with E-state index < -0.39 is 12.0 Å². The topological polar surface area (TPSA) is 92.6 Å². The molecule has 0 aromatic carbocycles. The third-order valence-electron chi connectivity index (χ3n) is 1.54. The van der Waals surface area contributed by atoms with Crippen LogP contribution in [-0.2, 0) is 4.79 Å². The van der Waals surface area contributed by atoms with Gasteiger partial charge in [0.15, 0.2) is 0 Å². The van der Waals surface area contributed by atoms with Crippen LogP contribution in [0.15, 0.2) is 0 Å². The van der Waals surface area contributed by atoms with Gasteiger partial charge < -0.3 is 21.5 Å². The van der Waals surface area contributed by atoms with Crippen molar-refractivity contribution in [1.82, 2.24) is 4.90 Å². The largest absolute Gasteiger partial charge is 0.481 e. The highest BCUT2D eigenvalue weighted by molar-refractivity contribution is 5.67. The molecule has 0 heterocycles. The van der Waals surface area contributed by atoms with Crippen molar-refractivity contribution in [2.45, 2.75) is 18.5 Å². The van der Waals surface area contributed by atoms with Crippen LogP contribution < -0.4 is 11.5 Å². The molecule has 0 saturated carbocycles. The van der Waals surface area contributed by atoms with E-state index in [4.69, 9.17) is 16.6 Å². The highest BCUT2D eigenvalue weighted by Gasteiger charge is 2.16. The summed E-state index contributed by atoms with van der Waals surface area (Å²) in [6, 6.07) is -0.749. The standard InChI is InChI=1S/C7H17N3O2/c1-10(2)4-6(9)5(8)3-7(11)12/h5-6H,3-4,8-9H2,1-2H3,(H,11,12)/t5-,6-/m0/s1. The fraction of sp³-hybridized carbons (Fsp3) is 0.857. The van der Waals surface area contributed by atoms with Crippen molar-refractivity contribution in [3.05, 3.63) is 0 Å². The Morgan fingerprint density at radius 2 is 1.92 bits per heavy atom. The van der Waals surface area contributed by atoms with Gasteiger partial charge in [0.05, 0.1) is 6.42 Å². The van der Waals surface area contributed by atoms with E-state index in [2.05, 4.69) is 0 Å². The zero-order valence-electron chi connectivity index (χ0n) is 7.53. The predicted octanol–water partition coefficient (Wildman–Crippen LogP) is -1.32. The normalized spacial score (nSPS) is 16.1. The van der Waals surface area contributed by atoms with E-state index in [1.165, 1.54) is 0 Å². The Balaban J connectivity index is 3.76. The summed E-state index contributed by atoms with van der Waals surface area (Å²) in [5.41, 5.74) is 11.2. The smallest absolute Gasteiger partial charge is 0.304 e. The minimum Gasteiger partial charge on any atom is -0.481 e. The van der Waals surface area contributed by atoms with Crippen LogP contribution in [0.2, 0.25) is 0 Å². The molecule has 0 aliphatic heterocycles. The van der Waals surface area contributed by atoms with Gasteiger partial charge in [-0.15, -0.1) is 0 Å². The van der Waals surface area contributed by atoms with Gasteiger partial charge in [-0.3, -0.25) is 4.79 Å². The molecule has 0 bridgehead atoms. The molecule has 0 amide bonds. The molecule has 2 atom stereocenters. The molecule has 5 nitrogen and oxygen atoms in total. The Hall–Kier alpha value is -0.650. The number of aliphatic carboxylic acids is 1. The molecule has 0 fully saturated rings. The molecule has 0 aromatic rings. The molecular weight excluding hydrogens is 158 g/mol. The van der Waals surface area contributed by atoms with Crippen molar-refractivity contribution in [3.8, 4) is 0 Å². The molecule has 5 N–H and O–H groups in total. The molecule has 0 aliphatic rings. The Bertz CT molecular complexity index is 150. The Kier molecular flexibility index (Phi) is 4.80. The van der Waals surface area contributed by atoms with Gasteiger partial charge in [0.1, 0.15) is 0 Å². The number of carboxylic acid groups (broad SMARTS) is 1. The average Bonchev–Trinajstić information content (AvgIpc) is 1.84. The van der Waals surface area contributed by atoms with Gasteiger partial charge in [-0.05, 0) is 14.1 Å². The SMILES string of the molecule is CN(C)C[C@H](N)[C@@H](N)CC(=O)O. The lowest BCUT2D eigenvalue weighted by Crippen LogP contribution is -2.48. The second-order valence-corrected chi connectivity index (χ2v) is 3.19. The summed E-state index contributed by atoms with van der Waals surface area (Å²) in [7, 11) is 3.74. The summed E-state index contributed by atoms with van der Waals surface area (Å²) in [5.74, 6) is -0.906. The first-order valence-corrected chi connectivity index (χ1v) is 3.81. The van der Waals surface area contributed by atoms with Crippen LogP contribution in [0.1, 0.15) is 6.42 Å². The van der Waals surface area contributed by atoms with E-state index in [1.807, 2.05) is 19.0 Å². The second kappa shape index (κ2) is 5.08. The maximum absolute atomic E-state index is 10.3. The number of nitrogens with two attached hydrogens (primary N) is 2. The molecule has 0 rings (SSSR count). The van der Waals surface area contributed by atoms with E-state index in [1.54, 1.807) is 0 Å². The summed E-state index contributed by atoms with van der Waals surface area (Å²) < 4.78 is 0. The number of rotatable bonds is 5. The van der Waals surface area contributed by atoms with Gasteiger partial charge in [0.2, 0.25) is 0 Å². The summed E-state index contributed by atoms with van der Waals surface area (Å²) in [4.78, 5) is 12.1. The van der Waals surface area contributed by atoms with Crippen molar-refractivity contribution < 1.29 is 9.90 Å². The Morgan fingerprint density at radius 3 is 2.25 bits per heavy atom. The van der Waals surface area contributed by atoms with Crippen molar-refractivity contribution in [2.75, 3.05) is 20.6 Å². The van der Waals surface area contributed by atoms with Crippen molar-refractivity contribution in [1.29, 1.82) is 0 Å². The van der Waals surface area contributed by atoms with Crippen LogP contribution in [-0.4, -0.2) is 48.7 Å². The fourth-order valence-electron chi connectivity index (χ4n) is 0.910. The molecule has 72 valence electrons. The van der Waals surface area contributed by atoms with Gasteiger partial charge in [-0.25, -0.2) is 0 Å². The summed E-state index contributed by atoms with van der Waals surface area (Å²) in [6.07, 6.45) is -0.0744. The van der Waals surface area contributed by atoms with E-state index in [-0.39, 0.29) is 12.5 Å². The monoisotopic (exact) mass is 175 g/mol. The van der Waals surface area contributed by atoms with E-state index >= 15 is 0 Å². The maximum atomic E-state index is 10.3. The highest BCUT2D eigenvalue weighted by atomic mass is 16.4. The second-order valence-electron chi connectivity index (χ2n) is 3.19. The number of hydrogen-bond donors (Lipinski definition) is 3. The van der Waals surface area contributed by atoms with Gasteiger partial charge >= 0.3 is 5.97 Å². The molecule has 0 aromatic heterocycles. The zero-order chi connectivity index (χ0) is 9.72. The molecule has 5 heteroatoms. The predicted molar refractivity (Wildman–Crippen MR) is 46.8 cm³/mol. The lowest BCUT2D eigenvalue weighted by atomic mass is 10.1. The fourth-order valence-corrected chi connectivity index (χ4v) is 0.910. The van der Waals surface area contributed by atoms with Crippen LogP contribution in [0.3, 0.4) is 0 Å². The summed E-state index contributed by atoms with van der Waals surface area (Å²) in [6.45, 7) is 0.606. The number of likely N-dealkylation sites (N-methyl/N-ethyl adjacent to an activating group) is 1. The minimum absolute atomic E-state index is 0.0744. The third-order valence-corrected chi connectivity index (χ3v) is 1.54. The zero-order valence-corrected chi connectivity index (χ0v) is 7.53. The van der Waals surface area contributed by atoms with Crippen molar-refractivity contribution >= 4 is 5.97 Å². The van der Waals surface area contributed by atoms with Crippen molar-refractivity contribution in [2.24, 2.45) is 11.5 Å². The van der Waals surface area contributed by atoms with Crippen LogP contribution in [0.25, 0.3) is 0 Å². The molecule has 0 aliphatic carbocycles. The first-order valence-electron chi connectivity index (χ1n) is 3.81. The molecule has 12 heavy (non-hydrogen) atoms. The molecule has 0 saturated heterocycles. The van der Waals surface area contributed by atoms with Crippen LogP contribution in [0, 0.1) is 0 Å². The first-order chi connectivity index (χ1) is 5.43. The third kappa shape index (κ3) is 5.06. The van der Waals surface area contributed by atoms with E-state index in [9.17, 15) is 4.79 Å². The van der Waals surface area contributed by atoms with Gasteiger partial charge in [-0.1, -0.05) is 0 Å². The summed E-state index contributed by atoms with van der Waals surface area (Å²) in [5, 5.41) is 8.42. The average molecular weight is 175 g/mol.